The van der Waals surface area contributed by atoms with Crippen LogP contribution in [0, 0.1) is 19.8 Å². The van der Waals surface area contributed by atoms with E-state index in [1.165, 1.54) is 30.1 Å². The van der Waals surface area contributed by atoms with Crippen LogP contribution in [-0.4, -0.2) is 45.3 Å². The Morgan fingerprint density at radius 3 is 2.33 bits per heavy atom. The fourth-order valence-corrected chi connectivity index (χ4v) is 4.29. The van der Waals surface area contributed by atoms with E-state index in [-0.39, 0.29) is 22.9 Å². The number of hydrogen-bond acceptors (Lipinski definition) is 4. The Kier molecular flexibility index (Phi) is 6.58. The van der Waals surface area contributed by atoms with Crippen molar-refractivity contribution in [3.05, 3.63) is 59.2 Å². The minimum Gasteiger partial charge on any atom is -0.332 e. The number of nitrogens with one attached hydrogen (secondary N) is 2. The molecule has 0 bridgehead atoms. The summed E-state index contributed by atoms with van der Waals surface area (Å²) >= 11 is 0. The second kappa shape index (κ2) is 8.97. The average molecular weight is 430 g/mol. The van der Waals surface area contributed by atoms with Crippen LogP contribution in [-0.2, 0) is 14.8 Å². The topological polar surface area (TPSA) is 95.6 Å². The van der Waals surface area contributed by atoms with Crippen LogP contribution in [0.15, 0.2) is 47.4 Å². The van der Waals surface area contributed by atoms with Crippen molar-refractivity contribution in [2.45, 2.75) is 31.6 Å². The minimum atomic E-state index is -3.67. The van der Waals surface area contributed by atoms with Gasteiger partial charge in [-0.3, -0.25) is 9.59 Å². The molecule has 2 aromatic rings. The summed E-state index contributed by atoms with van der Waals surface area (Å²) in [6.45, 7) is 4.07. The molecule has 0 spiro atoms. The van der Waals surface area contributed by atoms with Crippen molar-refractivity contribution < 1.29 is 18.0 Å². The summed E-state index contributed by atoms with van der Waals surface area (Å²) in [6.07, 6.45) is 2.08. The average Bonchev–Trinajstić information content (AvgIpc) is 3.53. The first-order chi connectivity index (χ1) is 14.2. The number of rotatable bonds is 8. The van der Waals surface area contributed by atoms with Crippen molar-refractivity contribution in [1.29, 1.82) is 0 Å². The van der Waals surface area contributed by atoms with E-state index < -0.39 is 15.9 Å². The number of sulfonamides is 1. The largest absolute Gasteiger partial charge is 0.332 e. The maximum atomic E-state index is 12.8. The maximum Gasteiger partial charge on any atom is 0.254 e. The smallest absolute Gasteiger partial charge is 0.254 e. The van der Waals surface area contributed by atoms with E-state index in [0.29, 0.717) is 12.5 Å². The van der Waals surface area contributed by atoms with Gasteiger partial charge >= 0.3 is 0 Å². The van der Waals surface area contributed by atoms with Gasteiger partial charge in [0.2, 0.25) is 15.9 Å². The van der Waals surface area contributed by atoms with Crippen LogP contribution < -0.4 is 10.0 Å². The van der Waals surface area contributed by atoms with Crippen LogP contribution >= 0.6 is 0 Å². The van der Waals surface area contributed by atoms with Crippen molar-refractivity contribution in [2.24, 2.45) is 5.92 Å². The van der Waals surface area contributed by atoms with Gasteiger partial charge < -0.3 is 10.2 Å². The van der Waals surface area contributed by atoms with Crippen molar-refractivity contribution >= 4 is 27.5 Å². The molecular formula is C22H27N3O4S. The minimum absolute atomic E-state index is 0.0439. The molecule has 30 heavy (non-hydrogen) atoms. The van der Waals surface area contributed by atoms with E-state index in [0.717, 1.165) is 29.7 Å². The highest BCUT2D eigenvalue weighted by molar-refractivity contribution is 7.89. The zero-order valence-electron chi connectivity index (χ0n) is 17.4. The molecule has 1 aliphatic rings. The lowest BCUT2D eigenvalue weighted by molar-refractivity contribution is -0.116. The van der Waals surface area contributed by atoms with Gasteiger partial charge in [-0.2, -0.15) is 0 Å². The number of carbonyl (C=O) groups excluding carboxylic acids is 2. The fraction of sp³-hybridized carbons (Fsp3) is 0.364. The van der Waals surface area contributed by atoms with Gasteiger partial charge in [0.25, 0.3) is 5.91 Å². The number of carbonyl (C=O) groups is 2. The van der Waals surface area contributed by atoms with Crippen molar-refractivity contribution in [2.75, 3.05) is 25.5 Å². The van der Waals surface area contributed by atoms with Gasteiger partial charge in [-0.05, 0) is 61.9 Å². The highest BCUT2D eigenvalue weighted by Gasteiger charge is 2.25. The molecular weight excluding hydrogens is 402 g/mol. The van der Waals surface area contributed by atoms with Gasteiger partial charge in [-0.25, -0.2) is 13.1 Å². The third-order valence-corrected chi connectivity index (χ3v) is 6.54. The summed E-state index contributed by atoms with van der Waals surface area (Å²) in [5, 5.41) is 2.85. The molecule has 8 heteroatoms. The number of nitrogens with zero attached hydrogens (tertiary/aromatic N) is 1. The van der Waals surface area contributed by atoms with Gasteiger partial charge in [-0.15, -0.1) is 0 Å². The molecule has 0 aliphatic heterocycles. The quantitative estimate of drug-likeness (QED) is 0.674. The molecule has 0 radical (unpaired) electrons. The number of para-hydroxylation sites is 1. The molecule has 2 N–H and O–H groups in total. The predicted octanol–water partition coefficient (Wildman–Crippen LogP) is 2.70. The summed E-state index contributed by atoms with van der Waals surface area (Å²) in [4.78, 5) is 26.5. The fourth-order valence-electron chi connectivity index (χ4n) is 3.13. The second-order valence-electron chi connectivity index (χ2n) is 7.80. The van der Waals surface area contributed by atoms with Crippen molar-refractivity contribution in [3.8, 4) is 0 Å². The van der Waals surface area contributed by atoms with Crippen molar-refractivity contribution in [1.82, 2.24) is 9.62 Å². The molecule has 2 aromatic carbocycles. The molecule has 1 fully saturated rings. The third kappa shape index (κ3) is 5.46. The van der Waals surface area contributed by atoms with Crippen molar-refractivity contribution in [3.63, 3.8) is 0 Å². The van der Waals surface area contributed by atoms with E-state index in [2.05, 4.69) is 10.0 Å². The van der Waals surface area contributed by atoms with Crippen LogP contribution in [0.2, 0.25) is 0 Å². The van der Waals surface area contributed by atoms with E-state index in [1.54, 1.807) is 6.07 Å². The third-order valence-electron chi connectivity index (χ3n) is 5.12. The Hall–Kier alpha value is -2.71. The number of anilines is 1. The van der Waals surface area contributed by atoms with E-state index in [1.807, 2.05) is 32.0 Å². The van der Waals surface area contributed by atoms with Gasteiger partial charge in [0.05, 0.1) is 11.4 Å². The van der Waals surface area contributed by atoms with Crippen LogP contribution in [0.4, 0.5) is 5.69 Å². The monoisotopic (exact) mass is 429 g/mol. The molecule has 1 aliphatic carbocycles. The van der Waals surface area contributed by atoms with Crippen LogP contribution in [0.5, 0.6) is 0 Å². The second-order valence-corrected chi connectivity index (χ2v) is 9.57. The van der Waals surface area contributed by atoms with E-state index in [4.69, 9.17) is 0 Å². The van der Waals surface area contributed by atoms with Gasteiger partial charge in [0, 0.05) is 24.8 Å². The van der Waals surface area contributed by atoms with Gasteiger partial charge in [0.15, 0.2) is 0 Å². The zero-order chi connectivity index (χ0) is 21.9. The Morgan fingerprint density at radius 2 is 1.70 bits per heavy atom. The molecule has 2 amide bonds. The standard InChI is InChI=1S/C22H27N3O4S/c1-15-6-4-7-16(2)21(15)24-20(26)14-25(3)22(27)18-8-5-9-19(12-18)30(28,29)23-13-17-10-11-17/h4-9,12,17,23H,10-11,13-14H2,1-3H3,(H,24,26). The number of amides is 2. The Labute approximate surface area is 177 Å². The predicted molar refractivity (Wildman–Crippen MR) is 116 cm³/mol. The summed E-state index contributed by atoms with van der Waals surface area (Å²) < 4.78 is 27.5. The van der Waals surface area contributed by atoms with Crippen LogP contribution in [0.1, 0.15) is 34.3 Å². The normalized spacial score (nSPS) is 13.7. The first-order valence-corrected chi connectivity index (χ1v) is 11.4. The highest BCUT2D eigenvalue weighted by Crippen LogP contribution is 2.28. The first kappa shape index (κ1) is 22.0. The van der Waals surface area contributed by atoms with E-state index >= 15 is 0 Å². The SMILES string of the molecule is Cc1cccc(C)c1NC(=O)CN(C)C(=O)c1cccc(S(=O)(=O)NCC2CC2)c1. The molecule has 0 unspecified atom stereocenters. The molecule has 0 heterocycles. The number of benzene rings is 2. The molecule has 7 nitrogen and oxygen atoms in total. The summed E-state index contributed by atoms with van der Waals surface area (Å²) in [7, 11) is -2.16. The maximum absolute atomic E-state index is 12.8. The lowest BCUT2D eigenvalue weighted by atomic mass is 10.1. The summed E-state index contributed by atoms with van der Waals surface area (Å²) in [5.74, 6) is -0.338. The summed E-state index contributed by atoms with van der Waals surface area (Å²) in [6, 6.07) is 11.6. The Balaban J connectivity index is 1.66. The molecule has 0 atom stereocenters. The molecule has 0 saturated heterocycles. The van der Waals surface area contributed by atoms with Gasteiger partial charge in [-0.1, -0.05) is 24.3 Å². The number of likely N-dealkylation sites (N-methyl/N-ethyl adjacent to an activating group) is 1. The van der Waals surface area contributed by atoms with E-state index in [9.17, 15) is 18.0 Å². The Bertz CT molecular complexity index is 1040. The highest BCUT2D eigenvalue weighted by atomic mass is 32.2. The lowest BCUT2D eigenvalue weighted by Crippen LogP contribution is -2.35. The van der Waals surface area contributed by atoms with Crippen LogP contribution in [0.25, 0.3) is 0 Å². The molecule has 0 aromatic heterocycles. The van der Waals surface area contributed by atoms with Gasteiger partial charge in [0.1, 0.15) is 0 Å². The first-order valence-electron chi connectivity index (χ1n) is 9.88. The molecule has 3 rings (SSSR count). The number of hydrogen-bond donors (Lipinski definition) is 2. The summed E-state index contributed by atoms with van der Waals surface area (Å²) in [5.41, 5.74) is 2.83. The molecule has 1 saturated carbocycles. The molecule has 160 valence electrons. The Morgan fingerprint density at radius 1 is 1.07 bits per heavy atom. The lowest BCUT2D eigenvalue weighted by Gasteiger charge is -2.18. The zero-order valence-corrected chi connectivity index (χ0v) is 18.3. The number of aryl methyl sites for hydroxylation is 2. The van der Waals surface area contributed by atoms with Crippen LogP contribution in [0.3, 0.4) is 0 Å².